The van der Waals surface area contributed by atoms with Gasteiger partial charge in [0, 0.05) is 6.21 Å². The molecule has 0 aliphatic heterocycles. The van der Waals surface area contributed by atoms with Crippen LogP contribution < -0.4 is 0 Å². The maximum Gasteiger partial charge on any atom is 0.0636 e. The number of unbranched alkanes of at least 4 members (excludes halogenated alkanes) is 43. The highest BCUT2D eigenvalue weighted by molar-refractivity contribution is 6.31. The summed E-state index contributed by atoms with van der Waals surface area (Å²) < 4.78 is 0. The van der Waals surface area contributed by atoms with E-state index in [0.29, 0.717) is 0 Å². The molecule has 0 saturated carbocycles. The molecule has 0 aromatic heterocycles. The highest BCUT2D eigenvalue weighted by atomic mass is 14.8. The summed E-state index contributed by atoms with van der Waals surface area (Å²) in [7, 11) is 0. The molecule has 2 aromatic rings. The van der Waals surface area contributed by atoms with Gasteiger partial charge in [-0.25, -0.2) is 0 Å². The Hall–Kier alpha value is -2.22. The summed E-state index contributed by atoms with van der Waals surface area (Å²) in [6.07, 6.45) is 70.5. The molecule has 0 bridgehead atoms. The van der Waals surface area contributed by atoms with Crippen LogP contribution in [0.15, 0.2) is 58.5 Å². The van der Waals surface area contributed by atoms with Crippen molar-refractivity contribution in [3.8, 4) is 0 Å². The Kier molecular flexibility index (Phi) is 45.3. The van der Waals surface area contributed by atoms with Crippen LogP contribution in [0.1, 0.15) is 334 Å². The third-order valence-electron chi connectivity index (χ3n) is 14.9. The van der Waals surface area contributed by atoms with Crippen molar-refractivity contribution >= 4 is 23.3 Å². The summed E-state index contributed by atoms with van der Waals surface area (Å²) in [5, 5.41) is 0. The minimum Gasteiger partial charge on any atom is -0.255 e. The molecule has 0 radical (unpaired) electrons. The second kappa shape index (κ2) is 49.7. The van der Waals surface area contributed by atoms with Crippen molar-refractivity contribution in [2.24, 2.45) is 9.98 Å². The van der Waals surface area contributed by atoms with E-state index in [2.05, 4.69) is 75.5 Å². The molecular weight excluding hydrogens is 821 g/mol. The maximum atomic E-state index is 5.23. The Morgan fingerprint density at radius 1 is 0.309 bits per heavy atom. The lowest BCUT2D eigenvalue weighted by molar-refractivity contribution is 0.522. The van der Waals surface area contributed by atoms with Crippen LogP contribution >= 0.6 is 0 Å². The van der Waals surface area contributed by atoms with E-state index in [1.165, 1.54) is 306 Å². The summed E-state index contributed by atoms with van der Waals surface area (Å²) >= 11 is 0. The van der Waals surface area contributed by atoms with Crippen LogP contribution in [0.2, 0.25) is 0 Å². The smallest absolute Gasteiger partial charge is 0.0636 e. The first-order valence-electron chi connectivity index (χ1n) is 31.0. The van der Waals surface area contributed by atoms with Crippen molar-refractivity contribution in [2.45, 2.75) is 335 Å². The molecule has 0 N–H and O–H groups in total. The summed E-state index contributed by atoms with van der Waals surface area (Å²) in [4.78, 5) is 10.3. The highest BCUT2D eigenvalue weighted by Crippen LogP contribution is 2.22. The van der Waals surface area contributed by atoms with E-state index in [1.807, 2.05) is 0 Å². The van der Waals surface area contributed by atoms with E-state index >= 15 is 0 Å². The van der Waals surface area contributed by atoms with Gasteiger partial charge in [0.05, 0.1) is 17.1 Å². The number of nitrogens with zero attached hydrogens (tertiary/aromatic N) is 2. The molecule has 0 fully saturated rings. The zero-order valence-electron chi connectivity index (χ0n) is 46.2. The number of rotatable bonds is 52. The van der Waals surface area contributed by atoms with E-state index in [-0.39, 0.29) is 0 Å². The number of benzene rings is 2. The second-order valence-corrected chi connectivity index (χ2v) is 21.7. The molecule has 0 saturated heterocycles. The number of hydrogen-bond donors (Lipinski definition) is 0. The van der Waals surface area contributed by atoms with E-state index in [4.69, 9.17) is 9.98 Å². The molecule has 68 heavy (non-hydrogen) atoms. The van der Waals surface area contributed by atoms with Crippen molar-refractivity contribution in [3.05, 3.63) is 59.7 Å². The van der Waals surface area contributed by atoms with Crippen LogP contribution in [0.3, 0.4) is 0 Å². The van der Waals surface area contributed by atoms with E-state index in [1.54, 1.807) is 0 Å². The zero-order valence-corrected chi connectivity index (χ0v) is 46.2. The zero-order chi connectivity index (χ0) is 48.3. The van der Waals surface area contributed by atoms with Gasteiger partial charge in [0.1, 0.15) is 0 Å². The third kappa shape index (κ3) is 40.5. The Labute approximate surface area is 426 Å². The Morgan fingerprint density at radius 2 is 0.574 bits per heavy atom. The van der Waals surface area contributed by atoms with Gasteiger partial charge >= 0.3 is 0 Å². The van der Waals surface area contributed by atoms with Crippen molar-refractivity contribution in [1.29, 1.82) is 0 Å². The first-order chi connectivity index (χ1) is 33.7. The molecule has 2 aromatic carbocycles. The van der Waals surface area contributed by atoms with Crippen molar-refractivity contribution in [1.82, 2.24) is 0 Å². The Morgan fingerprint density at radius 3 is 0.897 bits per heavy atom. The molecule has 390 valence electrons. The van der Waals surface area contributed by atoms with Gasteiger partial charge < -0.3 is 0 Å². The second-order valence-electron chi connectivity index (χ2n) is 21.7. The lowest BCUT2D eigenvalue weighted by atomic mass is 10.0. The van der Waals surface area contributed by atoms with Crippen molar-refractivity contribution < 1.29 is 0 Å². The van der Waals surface area contributed by atoms with Gasteiger partial charge in [-0.05, 0) is 73.9 Å². The van der Waals surface area contributed by atoms with E-state index in [0.717, 1.165) is 36.3 Å². The monoisotopic (exact) mass is 937 g/mol. The average Bonchev–Trinajstić information content (AvgIpc) is 3.35. The van der Waals surface area contributed by atoms with E-state index < -0.39 is 0 Å². The fourth-order valence-corrected chi connectivity index (χ4v) is 10.3. The summed E-state index contributed by atoms with van der Waals surface area (Å²) in [5.41, 5.74) is 6.14. The lowest BCUT2D eigenvalue weighted by Gasteiger charge is -2.06. The number of hydrogen-bond acceptors (Lipinski definition) is 2. The van der Waals surface area contributed by atoms with Crippen LogP contribution in [0.5, 0.6) is 0 Å². The average molecular weight is 938 g/mol. The van der Waals surface area contributed by atoms with Gasteiger partial charge in [0.2, 0.25) is 0 Å². The van der Waals surface area contributed by atoms with Gasteiger partial charge in [-0.1, -0.05) is 321 Å². The van der Waals surface area contributed by atoms with Gasteiger partial charge in [-0.2, -0.15) is 0 Å². The standard InChI is InChI=1S/C66H116N2/c1-4-7-10-13-16-18-20-22-24-26-28-30-32-34-36-38-40-42-44-47-52-62-54-50-57-64(59-62)67-61-66(56-49-46-15-12-9-6-3)68-65-58-51-55-63(60-65)53-48-45-43-41-39-37-35-33-31-29-27-25-23-21-19-17-14-11-8-5-2/h50-51,54-55,57-61H,4-49,52-53,56H2,1-3H3. The minimum atomic E-state index is 0.998. The molecule has 0 amide bonds. The fraction of sp³-hybridized carbons (Fsp3) is 0.788. The predicted molar refractivity (Wildman–Crippen MR) is 310 cm³/mol. The van der Waals surface area contributed by atoms with Crippen LogP contribution in [0.4, 0.5) is 11.4 Å². The highest BCUT2D eigenvalue weighted by Gasteiger charge is 2.04. The topological polar surface area (TPSA) is 24.7 Å². The van der Waals surface area contributed by atoms with Crippen LogP contribution in [-0.4, -0.2) is 11.9 Å². The van der Waals surface area contributed by atoms with Crippen molar-refractivity contribution in [2.75, 3.05) is 0 Å². The molecule has 2 heteroatoms. The molecular formula is C66H116N2. The Bertz CT molecular complexity index is 1390. The molecule has 0 heterocycles. The first-order valence-corrected chi connectivity index (χ1v) is 31.0. The molecule has 0 atom stereocenters. The van der Waals surface area contributed by atoms with Crippen LogP contribution in [0, 0.1) is 0 Å². The van der Waals surface area contributed by atoms with Gasteiger partial charge in [0.25, 0.3) is 0 Å². The summed E-state index contributed by atoms with van der Waals surface area (Å²) in [6.45, 7) is 6.92. The molecule has 2 rings (SSSR count). The normalized spacial score (nSPS) is 12.0. The fourth-order valence-electron chi connectivity index (χ4n) is 10.3. The van der Waals surface area contributed by atoms with Crippen LogP contribution in [0.25, 0.3) is 0 Å². The minimum absolute atomic E-state index is 0.998. The summed E-state index contributed by atoms with van der Waals surface area (Å²) in [6, 6.07) is 18.0. The Balaban J connectivity index is 1.61. The maximum absolute atomic E-state index is 5.23. The SMILES string of the molecule is CCCCCCCCCCCCCCCCCCCCCCc1cccc(N=CC(CCCCCCCC)=Nc2cccc(CCCCCCCCCCCCCCCCCCCCCC)c2)c1. The molecule has 0 spiro atoms. The molecule has 0 unspecified atom stereocenters. The van der Waals surface area contributed by atoms with E-state index in [9.17, 15) is 0 Å². The van der Waals surface area contributed by atoms with Gasteiger partial charge in [-0.3, -0.25) is 9.98 Å². The molecule has 2 nitrogen and oxygen atoms in total. The summed E-state index contributed by atoms with van der Waals surface area (Å²) in [5.74, 6) is 0. The predicted octanol–water partition coefficient (Wildman–Crippen LogP) is 23.6. The lowest BCUT2D eigenvalue weighted by Crippen LogP contribution is -2.00. The van der Waals surface area contributed by atoms with Gasteiger partial charge in [-0.15, -0.1) is 0 Å². The largest absolute Gasteiger partial charge is 0.255 e. The third-order valence-corrected chi connectivity index (χ3v) is 14.9. The quantitative estimate of drug-likeness (QED) is 0.0466. The molecule has 0 aliphatic rings. The van der Waals surface area contributed by atoms with Gasteiger partial charge in [0.15, 0.2) is 0 Å². The number of aryl methyl sites for hydroxylation is 2. The first kappa shape index (κ1) is 61.9. The molecule has 0 aliphatic carbocycles. The van der Waals surface area contributed by atoms with Crippen molar-refractivity contribution in [3.63, 3.8) is 0 Å². The van der Waals surface area contributed by atoms with Crippen LogP contribution in [-0.2, 0) is 12.8 Å². The number of aliphatic imine (C=N–C) groups is 2.